The van der Waals surface area contributed by atoms with Crippen molar-refractivity contribution in [3.8, 4) is 5.75 Å². The van der Waals surface area contributed by atoms with E-state index in [1.54, 1.807) is 0 Å². The standard InChI is InChI=1S/C18H32N2O/c1-13(2)21-16-10-8-15(9-11-16)17(12-19)20(7)14(3)18(4,5)6/h8-11,13-14,17H,12,19H2,1-7H3. The zero-order chi connectivity index (χ0) is 16.2. The molecule has 120 valence electrons. The second-order valence-electron chi connectivity index (χ2n) is 7.19. The van der Waals surface area contributed by atoms with Crippen LogP contribution in [-0.2, 0) is 0 Å². The van der Waals surface area contributed by atoms with E-state index in [4.69, 9.17) is 10.5 Å². The number of nitrogens with zero attached hydrogens (tertiary/aromatic N) is 1. The highest BCUT2D eigenvalue weighted by molar-refractivity contribution is 5.29. The monoisotopic (exact) mass is 292 g/mol. The van der Waals surface area contributed by atoms with Crippen molar-refractivity contribution in [1.29, 1.82) is 0 Å². The van der Waals surface area contributed by atoms with Gasteiger partial charge in [0.25, 0.3) is 0 Å². The van der Waals surface area contributed by atoms with Gasteiger partial charge in [0, 0.05) is 18.6 Å². The summed E-state index contributed by atoms with van der Waals surface area (Å²) >= 11 is 0. The summed E-state index contributed by atoms with van der Waals surface area (Å²) in [5.41, 5.74) is 7.50. The van der Waals surface area contributed by atoms with Crippen molar-refractivity contribution in [2.45, 2.75) is 59.7 Å². The van der Waals surface area contributed by atoms with Gasteiger partial charge < -0.3 is 10.5 Å². The van der Waals surface area contributed by atoms with Crippen molar-refractivity contribution < 1.29 is 4.74 Å². The first kappa shape index (κ1) is 18.0. The second kappa shape index (κ2) is 7.28. The SMILES string of the molecule is CC(C)Oc1ccc(C(CN)N(C)C(C)C(C)(C)C)cc1. The van der Waals surface area contributed by atoms with Gasteiger partial charge in [-0.25, -0.2) is 0 Å². The van der Waals surface area contributed by atoms with E-state index in [9.17, 15) is 0 Å². The highest BCUT2D eigenvalue weighted by Crippen LogP contribution is 2.30. The van der Waals surface area contributed by atoms with Crippen LogP contribution in [0.25, 0.3) is 0 Å². The van der Waals surface area contributed by atoms with E-state index in [-0.39, 0.29) is 17.6 Å². The lowest BCUT2D eigenvalue weighted by Gasteiger charge is -2.40. The van der Waals surface area contributed by atoms with E-state index in [0.29, 0.717) is 12.6 Å². The van der Waals surface area contributed by atoms with Gasteiger partial charge >= 0.3 is 0 Å². The van der Waals surface area contributed by atoms with Crippen LogP contribution in [0.3, 0.4) is 0 Å². The average Bonchev–Trinajstić information content (AvgIpc) is 2.38. The Labute approximate surface area is 130 Å². The van der Waals surface area contributed by atoms with Crippen LogP contribution in [0, 0.1) is 5.41 Å². The van der Waals surface area contributed by atoms with Crippen LogP contribution >= 0.6 is 0 Å². The molecule has 1 aromatic rings. The summed E-state index contributed by atoms with van der Waals surface area (Å²) < 4.78 is 5.70. The summed E-state index contributed by atoms with van der Waals surface area (Å²) in [6.45, 7) is 13.7. The largest absolute Gasteiger partial charge is 0.491 e. The first-order valence-corrected chi connectivity index (χ1v) is 7.85. The minimum Gasteiger partial charge on any atom is -0.491 e. The molecule has 3 nitrogen and oxygen atoms in total. The topological polar surface area (TPSA) is 38.5 Å². The van der Waals surface area contributed by atoms with Gasteiger partial charge in [0.15, 0.2) is 0 Å². The van der Waals surface area contributed by atoms with E-state index >= 15 is 0 Å². The zero-order valence-electron chi connectivity index (χ0n) is 14.7. The van der Waals surface area contributed by atoms with Crippen molar-refractivity contribution in [2.75, 3.05) is 13.6 Å². The average molecular weight is 292 g/mol. The van der Waals surface area contributed by atoms with Crippen LogP contribution in [0.4, 0.5) is 0 Å². The van der Waals surface area contributed by atoms with Crippen molar-refractivity contribution in [2.24, 2.45) is 11.1 Å². The second-order valence-corrected chi connectivity index (χ2v) is 7.19. The van der Waals surface area contributed by atoms with Crippen LogP contribution in [0.1, 0.15) is 53.1 Å². The maximum atomic E-state index is 6.03. The molecule has 0 aliphatic rings. The number of nitrogens with two attached hydrogens (primary N) is 1. The van der Waals surface area contributed by atoms with Crippen molar-refractivity contribution in [3.63, 3.8) is 0 Å². The first-order valence-electron chi connectivity index (χ1n) is 7.85. The Morgan fingerprint density at radius 2 is 1.62 bits per heavy atom. The normalized spacial score (nSPS) is 15.3. The van der Waals surface area contributed by atoms with Crippen LogP contribution in [0.15, 0.2) is 24.3 Å². The van der Waals surface area contributed by atoms with Gasteiger partial charge in [0.1, 0.15) is 5.75 Å². The molecule has 2 N–H and O–H groups in total. The molecule has 3 heteroatoms. The van der Waals surface area contributed by atoms with Gasteiger partial charge in [-0.15, -0.1) is 0 Å². The lowest BCUT2D eigenvalue weighted by atomic mass is 9.86. The van der Waals surface area contributed by atoms with Crippen molar-refractivity contribution in [1.82, 2.24) is 4.90 Å². The summed E-state index contributed by atoms with van der Waals surface area (Å²) in [6.07, 6.45) is 0.199. The van der Waals surface area contributed by atoms with Crippen LogP contribution in [0.5, 0.6) is 5.75 Å². The molecule has 0 aliphatic heterocycles. The lowest BCUT2D eigenvalue weighted by Crippen LogP contribution is -2.43. The fourth-order valence-corrected chi connectivity index (χ4v) is 2.46. The molecule has 1 rings (SSSR count). The summed E-state index contributed by atoms with van der Waals surface area (Å²) in [6, 6.07) is 8.99. The minimum atomic E-state index is 0.199. The van der Waals surface area contributed by atoms with Gasteiger partial charge in [-0.1, -0.05) is 32.9 Å². The maximum Gasteiger partial charge on any atom is 0.119 e. The Balaban J connectivity index is 2.89. The highest BCUT2D eigenvalue weighted by Gasteiger charge is 2.28. The molecule has 0 aromatic heterocycles. The molecule has 0 spiro atoms. The van der Waals surface area contributed by atoms with E-state index in [2.05, 4.69) is 51.8 Å². The molecule has 0 aliphatic carbocycles. The van der Waals surface area contributed by atoms with E-state index in [0.717, 1.165) is 5.75 Å². The first-order chi connectivity index (χ1) is 9.66. The number of rotatable bonds is 6. The molecular formula is C18H32N2O. The number of ether oxygens (including phenoxy) is 1. The lowest BCUT2D eigenvalue weighted by molar-refractivity contribution is 0.100. The van der Waals surface area contributed by atoms with Gasteiger partial charge in [0.2, 0.25) is 0 Å². The molecule has 0 bridgehead atoms. The number of hydrogen-bond acceptors (Lipinski definition) is 3. The predicted octanol–water partition coefficient (Wildman–Crippen LogP) is 3.84. The summed E-state index contributed by atoms with van der Waals surface area (Å²) in [7, 11) is 2.16. The molecule has 0 amide bonds. The molecule has 0 fully saturated rings. The summed E-state index contributed by atoms with van der Waals surface area (Å²) in [5, 5.41) is 0. The van der Waals surface area contributed by atoms with Gasteiger partial charge in [-0.05, 0) is 50.9 Å². The fraction of sp³-hybridized carbons (Fsp3) is 0.667. The van der Waals surface area contributed by atoms with Gasteiger partial charge in [0.05, 0.1) is 6.10 Å². The Morgan fingerprint density at radius 1 is 1.10 bits per heavy atom. The summed E-state index contributed by atoms with van der Waals surface area (Å²) in [5.74, 6) is 0.913. The van der Waals surface area contributed by atoms with E-state index < -0.39 is 0 Å². The smallest absolute Gasteiger partial charge is 0.119 e. The van der Waals surface area contributed by atoms with Crippen molar-refractivity contribution in [3.05, 3.63) is 29.8 Å². The molecular weight excluding hydrogens is 260 g/mol. The Morgan fingerprint density at radius 3 is 2.00 bits per heavy atom. The predicted molar refractivity (Wildman–Crippen MR) is 90.7 cm³/mol. The fourth-order valence-electron chi connectivity index (χ4n) is 2.46. The van der Waals surface area contributed by atoms with Crippen LogP contribution < -0.4 is 10.5 Å². The molecule has 0 saturated carbocycles. The molecule has 0 heterocycles. The van der Waals surface area contributed by atoms with Crippen LogP contribution in [0.2, 0.25) is 0 Å². The Hall–Kier alpha value is -1.06. The number of benzene rings is 1. The van der Waals surface area contributed by atoms with Crippen molar-refractivity contribution >= 4 is 0 Å². The Kier molecular flexibility index (Phi) is 6.24. The highest BCUT2D eigenvalue weighted by atomic mass is 16.5. The van der Waals surface area contributed by atoms with Gasteiger partial charge in [-0.3, -0.25) is 4.90 Å². The van der Waals surface area contributed by atoms with E-state index in [1.165, 1.54) is 5.56 Å². The number of hydrogen-bond donors (Lipinski definition) is 1. The Bertz CT molecular complexity index is 420. The third-order valence-corrected chi connectivity index (χ3v) is 4.22. The molecule has 2 unspecified atom stereocenters. The minimum absolute atomic E-state index is 0.199. The third-order valence-electron chi connectivity index (χ3n) is 4.22. The third kappa shape index (κ3) is 5.01. The molecule has 0 radical (unpaired) electrons. The molecule has 2 atom stereocenters. The zero-order valence-corrected chi connectivity index (χ0v) is 14.7. The van der Waals surface area contributed by atoms with E-state index in [1.807, 2.05) is 26.0 Å². The van der Waals surface area contributed by atoms with Crippen LogP contribution in [-0.4, -0.2) is 30.6 Å². The molecule has 0 saturated heterocycles. The van der Waals surface area contributed by atoms with Gasteiger partial charge in [-0.2, -0.15) is 0 Å². The molecule has 1 aromatic carbocycles. The number of likely N-dealkylation sites (N-methyl/N-ethyl adjacent to an activating group) is 1. The maximum absolute atomic E-state index is 6.03. The quantitative estimate of drug-likeness (QED) is 0.865. The summed E-state index contributed by atoms with van der Waals surface area (Å²) in [4.78, 5) is 2.37. The molecule has 21 heavy (non-hydrogen) atoms.